The molecule has 0 unspecified atom stereocenters. The van der Waals surface area contributed by atoms with Gasteiger partial charge < -0.3 is 19.9 Å². The second-order valence-corrected chi connectivity index (χ2v) is 4.56. The molecule has 1 aromatic carbocycles. The summed E-state index contributed by atoms with van der Waals surface area (Å²) in [5.74, 6) is 0.936. The van der Waals surface area contributed by atoms with Crippen LogP contribution in [0, 0.1) is 20.8 Å². The van der Waals surface area contributed by atoms with E-state index in [0.717, 1.165) is 11.3 Å². The molecule has 1 aromatic rings. The van der Waals surface area contributed by atoms with Gasteiger partial charge in [0.25, 0.3) is 0 Å². The van der Waals surface area contributed by atoms with Gasteiger partial charge in [-0.05, 0) is 43.5 Å². The lowest BCUT2D eigenvalue weighted by molar-refractivity contribution is 0.0387. The second-order valence-electron chi connectivity index (χ2n) is 4.56. The Morgan fingerprint density at radius 3 is 2.05 bits per heavy atom. The van der Waals surface area contributed by atoms with Crippen LogP contribution in [-0.4, -0.2) is 39.6 Å². The first-order valence-corrected chi connectivity index (χ1v) is 6.71. The van der Waals surface area contributed by atoms with Crippen LogP contribution in [0.25, 0.3) is 0 Å². The van der Waals surface area contributed by atoms with Crippen molar-refractivity contribution in [3.63, 3.8) is 0 Å². The molecule has 0 atom stereocenters. The molecule has 4 nitrogen and oxygen atoms in total. The smallest absolute Gasteiger partial charge is 0.122 e. The van der Waals surface area contributed by atoms with Crippen molar-refractivity contribution in [3.05, 3.63) is 28.8 Å². The zero-order valence-corrected chi connectivity index (χ0v) is 12.2. The van der Waals surface area contributed by atoms with Gasteiger partial charge in [-0.2, -0.15) is 0 Å². The lowest BCUT2D eigenvalue weighted by Gasteiger charge is -2.12. The van der Waals surface area contributed by atoms with Crippen LogP contribution in [0.1, 0.15) is 16.7 Å². The molecule has 0 saturated heterocycles. The second kappa shape index (κ2) is 8.91. The predicted molar refractivity (Wildman–Crippen MR) is 76.8 cm³/mol. The maximum Gasteiger partial charge on any atom is 0.122 e. The fourth-order valence-electron chi connectivity index (χ4n) is 1.71. The number of aryl methyl sites for hydroxylation is 3. The highest BCUT2D eigenvalue weighted by Gasteiger charge is 2.02. The van der Waals surface area contributed by atoms with E-state index in [9.17, 15) is 0 Å². The van der Waals surface area contributed by atoms with Gasteiger partial charge >= 0.3 is 0 Å². The van der Waals surface area contributed by atoms with Gasteiger partial charge in [-0.15, -0.1) is 0 Å². The normalized spacial score (nSPS) is 10.7. The number of rotatable bonds is 9. The third-order valence-electron chi connectivity index (χ3n) is 2.91. The van der Waals surface area contributed by atoms with E-state index in [-0.39, 0.29) is 0 Å². The number of benzene rings is 1. The first-order valence-electron chi connectivity index (χ1n) is 6.71. The van der Waals surface area contributed by atoms with Crippen molar-refractivity contribution in [2.24, 2.45) is 5.73 Å². The SMILES string of the molecule is Cc1cc(C)c(OCCOCCOCCN)cc1C. The predicted octanol–water partition coefficient (Wildman–Crippen LogP) is 1.98. The van der Waals surface area contributed by atoms with Gasteiger partial charge in [0.2, 0.25) is 0 Å². The summed E-state index contributed by atoms with van der Waals surface area (Å²) in [5, 5.41) is 0. The molecule has 4 heteroatoms. The molecule has 0 radical (unpaired) electrons. The van der Waals surface area contributed by atoms with Crippen LogP contribution < -0.4 is 10.5 Å². The molecule has 0 spiro atoms. The van der Waals surface area contributed by atoms with E-state index in [1.165, 1.54) is 11.1 Å². The molecular formula is C15H25NO3. The third-order valence-corrected chi connectivity index (χ3v) is 2.91. The third kappa shape index (κ3) is 6.05. The van der Waals surface area contributed by atoms with Gasteiger partial charge in [0.1, 0.15) is 12.4 Å². The highest BCUT2D eigenvalue weighted by Crippen LogP contribution is 2.22. The first-order chi connectivity index (χ1) is 9.15. The van der Waals surface area contributed by atoms with E-state index < -0.39 is 0 Å². The molecule has 0 aromatic heterocycles. The maximum atomic E-state index is 5.71. The molecule has 0 heterocycles. The molecule has 19 heavy (non-hydrogen) atoms. The van der Waals surface area contributed by atoms with Crippen LogP contribution in [0.4, 0.5) is 0 Å². The Labute approximate surface area is 115 Å². The Morgan fingerprint density at radius 2 is 1.37 bits per heavy atom. The summed E-state index contributed by atoms with van der Waals surface area (Å²) < 4.78 is 16.3. The first kappa shape index (κ1) is 16.0. The van der Waals surface area contributed by atoms with Gasteiger partial charge in [-0.1, -0.05) is 6.07 Å². The van der Waals surface area contributed by atoms with Gasteiger partial charge in [0.05, 0.1) is 26.4 Å². The Hall–Kier alpha value is -1.10. The van der Waals surface area contributed by atoms with Crippen LogP contribution in [-0.2, 0) is 9.47 Å². The fraction of sp³-hybridized carbons (Fsp3) is 0.600. The minimum atomic E-state index is 0.551. The molecule has 0 saturated carbocycles. The Kier molecular flexibility index (Phi) is 7.48. The number of hydrogen-bond donors (Lipinski definition) is 1. The summed E-state index contributed by atoms with van der Waals surface area (Å²) in [6.45, 7) is 9.68. The average Bonchev–Trinajstić information content (AvgIpc) is 2.38. The highest BCUT2D eigenvalue weighted by molar-refractivity contribution is 5.40. The van der Waals surface area contributed by atoms with E-state index in [2.05, 4.69) is 32.9 Å². The van der Waals surface area contributed by atoms with Crippen molar-refractivity contribution in [1.82, 2.24) is 0 Å². The van der Waals surface area contributed by atoms with E-state index in [0.29, 0.717) is 39.6 Å². The number of ether oxygens (including phenoxy) is 3. The lowest BCUT2D eigenvalue weighted by atomic mass is 10.1. The average molecular weight is 267 g/mol. The molecular weight excluding hydrogens is 242 g/mol. The molecule has 0 aliphatic rings. The molecule has 0 aliphatic carbocycles. The van der Waals surface area contributed by atoms with Crippen molar-refractivity contribution in [1.29, 1.82) is 0 Å². The van der Waals surface area contributed by atoms with E-state index in [1.807, 2.05) is 0 Å². The van der Waals surface area contributed by atoms with Crippen LogP contribution in [0.15, 0.2) is 12.1 Å². The maximum absolute atomic E-state index is 5.71. The highest BCUT2D eigenvalue weighted by atomic mass is 16.5. The summed E-state index contributed by atoms with van der Waals surface area (Å²) in [5.41, 5.74) is 9.00. The van der Waals surface area contributed by atoms with Gasteiger partial charge in [0.15, 0.2) is 0 Å². The Bertz CT molecular complexity index is 380. The van der Waals surface area contributed by atoms with Crippen molar-refractivity contribution in [2.75, 3.05) is 39.6 Å². The molecule has 0 bridgehead atoms. The van der Waals surface area contributed by atoms with Crippen molar-refractivity contribution in [2.45, 2.75) is 20.8 Å². The van der Waals surface area contributed by atoms with Crippen LogP contribution in [0.3, 0.4) is 0 Å². The van der Waals surface area contributed by atoms with Gasteiger partial charge in [-0.3, -0.25) is 0 Å². The molecule has 1 rings (SSSR count). The van der Waals surface area contributed by atoms with Crippen LogP contribution in [0.2, 0.25) is 0 Å². The monoisotopic (exact) mass is 267 g/mol. The van der Waals surface area contributed by atoms with E-state index in [4.69, 9.17) is 19.9 Å². The van der Waals surface area contributed by atoms with Gasteiger partial charge in [0, 0.05) is 6.54 Å². The van der Waals surface area contributed by atoms with Crippen molar-refractivity contribution in [3.8, 4) is 5.75 Å². The molecule has 0 amide bonds. The minimum absolute atomic E-state index is 0.551. The van der Waals surface area contributed by atoms with E-state index >= 15 is 0 Å². The number of nitrogens with two attached hydrogens (primary N) is 1. The molecule has 0 aliphatic heterocycles. The standard InChI is InChI=1S/C15H25NO3/c1-12-10-14(3)15(11-13(12)2)19-9-8-18-7-6-17-5-4-16/h10-11H,4-9,16H2,1-3H3. The van der Waals surface area contributed by atoms with Crippen molar-refractivity contribution >= 4 is 0 Å². The van der Waals surface area contributed by atoms with Crippen LogP contribution >= 0.6 is 0 Å². The van der Waals surface area contributed by atoms with Gasteiger partial charge in [-0.25, -0.2) is 0 Å². The quantitative estimate of drug-likeness (QED) is 0.695. The van der Waals surface area contributed by atoms with Crippen LogP contribution in [0.5, 0.6) is 5.75 Å². The molecule has 108 valence electrons. The minimum Gasteiger partial charge on any atom is -0.491 e. The van der Waals surface area contributed by atoms with E-state index in [1.54, 1.807) is 0 Å². The Balaban J connectivity index is 2.17. The molecule has 2 N–H and O–H groups in total. The fourth-order valence-corrected chi connectivity index (χ4v) is 1.71. The zero-order chi connectivity index (χ0) is 14.1. The topological polar surface area (TPSA) is 53.7 Å². The largest absolute Gasteiger partial charge is 0.491 e. The summed E-state index contributed by atoms with van der Waals surface area (Å²) in [7, 11) is 0. The summed E-state index contributed by atoms with van der Waals surface area (Å²) >= 11 is 0. The molecule has 0 fully saturated rings. The zero-order valence-electron chi connectivity index (χ0n) is 12.2. The summed E-state index contributed by atoms with van der Waals surface area (Å²) in [6, 6.07) is 4.22. The lowest BCUT2D eigenvalue weighted by Crippen LogP contribution is -2.14. The Morgan fingerprint density at radius 1 is 0.789 bits per heavy atom. The summed E-state index contributed by atoms with van der Waals surface area (Å²) in [6.07, 6.45) is 0. The van der Waals surface area contributed by atoms with Crippen molar-refractivity contribution < 1.29 is 14.2 Å². The number of hydrogen-bond acceptors (Lipinski definition) is 4. The summed E-state index contributed by atoms with van der Waals surface area (Å²) in [4.78, 5) is 0.